The Bertz CT molecular complexity index is 536. The first-order chi connectivity index (χ1) is 7.63. The summed E-state index contributed by atoms with van der Waals surface area (Å²) in [6.45, 7) is 0. The molecule has 0 radical (unpaired) electrons. The maximum absolute atomic E-state index is 13.5. The Morgan fingerprint density at radius 1 is 1.38 bits per heavy atom. The second-order valence-corrected chi connectivity index (χ2v) is 3.60. The average Bonchev–Trinajstić information content (AvgIpc) is 2.68. The Balaban J connectivity index is 2.55. The van der Waals surface area contributed by atoms with E-state index in [4.69, 9.17) is 5.73 Å². The van der Waals surface area contributed by atoms with E-state index in [9.17, 15) is 13.6 Å². The minimum Gasteiger partial charge on any atom is -0.358 e. The van der Waals surface area contributed by atoms with Crippen LogP contribution in [-0.4, -0.2) is 17.3 Å². The Kier molecular flexibility index (Phi) is 2.70. The zero-order valence-corrected chi connectivity index (χ0v) is 8.34. The second kappa shape index (κ2) is 4.02. The fourth-order valence-electron chi connectivity index (χ4n) is 1.70. The van der Waals surface area contributed by atoms with Crippen molar-refractivity contribution in [3.05, 3.63) is 35.5 Å². The summed E-state index contributed by atoms with van der Waals surface area (Å²) in [7, 11) is 0. The predicted molar refractivity (Wildman–Crippen MR) is 56.0 cm³/mol. The molecule has 3 N–H and O–H groups in total. The van der Waals surface area contributed by atoms with Gasteiger partial charge in [0.1, 0.15) is 17.9 Å². The number of nitrogens with one attached hydrogen (secondary N) is 1. The normalized spacial score (nSPS) is 12.9. The number of aromatic nitrogens is 1. The van der Waals surface area contributed by atoms with Gasteiger partial charge in [-0.25, -0.2) is 8.78 Å². The summed E-state index contributed by atoms with van der Waals surface area (Å²) >= 11 is 0. The summed E-state index contributed by atoms with van der Waals surface area (Å²) < 4.78 is 26.8. The topological polar surface area (TPSA) is 58.9 Å². The number of H-pyrrole nitrogens is 1. The van der Waals surface area contributed by atoms with Gasteiger partial charge in [0, 0.05) is 11.6 Å². The monoisotopic (exact) mass is 224 g/mol. The smallest absolute Gasteiger partial charge is 0.147 e. The van der Waals surface area contributed by atoms with Crippen LogP contribution in [0.3, 0.4) is 0 Å². The van der Waals surface area contributed by atoms with Gasteiger partial charge in [0.2, 0.25) is 0 Å². The quantitative estimate of drug-likeness (QED) is 0.776. The number of benzene rings is 1. The molecule has 0 saturated carbocycles. The van der Waals surface area contributed by atoms with E-state index in [1.165, 1.54) is 6.20 Å². The molecule has 0 aliphatic rings. The van der Waals surface area contributed by atoms with Crippen LogP contribution in [0, 0.1) is 11.6 Å². The maximum atomic E-state index is 13.5. The second-order valence-electron chi connectivity index (χ2n) is 3.60. The standard InChI is InChI=1S/C11H10F2N2O/c12-8-1-2-9(13)11-10(8)6(4-15-11)3-7(14)5-16/h1-2,4-5,7,15H,3,14H2/t7-/m0/s1. The van der Waals surface area contributed by atoms with Crippen molar-refractivity contribution >= 4 is 17.2 Å². The van der Waals surface area contributed by atoms with E-state index in [0.29, 0.717) is 11.8 Å². The summed E-state index contributed by atoms with van der Waals surface area (Å²) in [5.74, 6) is -1.05. The molecule has 0 bridgehead atoms. The predicted octanol–water partition coefficient (Wildman–Crippen LogP) is 1.51. The molecule has 0 spiro atoms. The molecule has 1 aromatic carbocycles. The van der Waals surface area contributed by atoms with Crippen molar-refractivity contribution in [1.82, 2.24) is 4.98 Å². The zero-order chi connectivity index (χ0) is 11.7. The van der Waals surface area contributed by atoms with Gasteiger partial charge in [-0.3, -0.25) is 0 Å². The molecular formula is C11H10F2N2O. The highest BCUT2D eigenvalue weighted by atomic mass is 19.1. The third-order valence-corrected chi connectivity index (χ3v) is 2.45. The fraction of sp³-hybridized carbons (Fsp3) is 0.182. The van der Waals surface area contributed by atoms with Crippen LogP contribution >= 0.6 is 0 Å². The van der Waals surface area contributed by atoms with E-state index in [2.05, 4.69) is 4.98 Å². The lowest BCUT2D eigenvalue weighted by Crippen LogP contribution is -2.23. The first-order valence-electron chi connectivity index (χ1n) is 4.78. The molecule has 1 heterocycles. The molecular weight excluding hydrogens is 214 g/mol. The number of aldehydes is 1. The molecule has 0 unspecified atom stereocenters. The molecule has 3 nitrogen and oxygen atoms in total. The third-order valence-electron chi connectivity index (χ3n) is 2.45. The Morgan fingerprint density at radius 3 is 2.75 bits per heavy atom. The van der Waals surface area contributed by atoms with Crippen LogP contribution < -0.4 is 5.73 Å². The van der Waals surface area contributed by atoms with Gasteiger partial charge in [-0.15, -0.1) is 0 Å². The zero-order valence-electron chi connectivity index (χ0n) is 8.34. The fourth-order valence-corrected chi connectivity index (χ4v) is 1.70. The SMILES string of the molecule is N[C@H](C=O)Cc1c[nH]c2c(F)ccc(F)c12. The molecule has 1 aromatic heterocycles. The molecule has 16 heavy (non-hydrogen) atoms. The number of carbonyl (C=O) groups is 1. The highest BCUT2D eigenvalue weighted by Crippen LogP contribution is 2.24. The van der Waals surface area contributed by atoms with E-state index < -0.39 is 17.7 Å². The largest absolute Gasteiger partial charge is 0.358 e. The van der Waals surface area contributed by atoms with Gasteiger partial charge in [0.25, 0.3) is 0 Å². The number of fused-ring (bicyclic) bond motifs is 1. The number of halogens is 2. The number of carbonyl (C=O) groups excluding carboxylic acids is 1. The van der Waals surface area contributed by atoms with Crippen LogP contribution in [0.25, 0.3) is 10.9 Å². The van der Waals surface area contributed by atoms with Crippen molar-refractivity contribution in [1.29, 1.82) is 0 Å². The van der Waals surface area contributed by atoms with Gasteiger partial charge in [0.05, 0.1) is 11.6 Å². The summed E-state index contributed by atoms with van der Waals surface area (Å²) in [6.07, 6.45) is 2.24. The molecule has 84 valence electrons. The van der Waals surface area contributed by atoms with Crippen LogP contribution in [0.1, 0.15) is 5.56 Å². The van der Waals surface area contributed by atoms with E-state index in [1.807, 2.05) is 0 Å². The first kappa shape index (κ1) is 10.8. The highest BCUT2D eigenvalue weighted by molar-refractivity contribution is 5.84. The van der Waals surface area contributed by atoms with Crippen molar-refractivity contribution in [3.8, 4) is 0 Å². The van der Waals surface area contributed by atoms with Crippen LogP contribution in [0.15, 0.2) is 18.3 Å². The average molecular weight is 224 g/mol. The molecule has 0 amide bonds. The lowest BCUT2D eigenvalue weighted by molar-refractivity contribution is -0.108. The van der Waals surface area contributed by atoms with Gasteiger partial charge in [-0.05, 0) is 24.1 Å². The lowest BCUT2D eigenvalue weighted by Gasteiger charge is -2.02. The summed E-state index contributed by atoms with van der Waals surface area (Å²) in [4.78, 5) is 13.1. The van der Waals surface area contributed by atoms with E-state index >= 15 is 0 Å². The number of hydrogen-bond acceptors (Lipinski definition) is 2. The van der Waals surface area contributed by atoms with Gasteiger partial charge >= 0.3 is 0 Å². The molecule has 5 heteroatoms. The molecule has 2 aromatic rings. The van der Waals surface area contributed by atoms with Crippen molar-refractivity contribution in [2.45, 2.75) is 12.5 Å². The summed E-state index contributed by atoms with van der Waals surface area (Å²) in [6, 6.07) is 1.40. The summed E-state index contributed by atoms with van der Waals surface area (Å²) in [5.41, 5.74) is 6.06. The minimum absolute atomic E-state index is 0.105. The van der Waals surface area contributed by atoms with E-state index in [-0.39, 0.29) is 17.3 Å². The number of aromatic amines is 1. The van der Waals surface area contributed by atoms with Gasteiger partial charge < -0.3 is 15.5 Å². The molecule has 1 atom stereocenters. The molecule has 0 fully saturated rings. The van der Waals surface area contributed by atoms with Crippen molar-refractivity contribution < 1.29 is 13.6 Å². The van der Waals surface area contributed by atoms with Crippen LogP contribution in [0.5, 0.6) is 0 Å². The maximum Gasteiger partial charge on any atom is 0.147 e. The van der Waals surface area contributed by atoms with E-state index in [0.717, 1.165) is 12.1 Å². The summed E-state index contributed by atoms with van der Waals surface area (Å²) in [5, 5.41) is 0.164. The number of hydrogen-bond donors (Lipinski definition) is 2. The van der Waals surface area contributed by atoms with Crippen molar-refractivity contribution in [2.24, 2.45) is 5.73 Å². The number of rotatable bonds is 3. The van der Waals surface area contributed by atoms with E-state index in [1.54, 1.807) is 0 Å². The van der Waals surface area contributed by atoms with Gasteiger partial charge in [-0.1, -0.05) is 0 Å². The third kappa shape index (κ3) is 1.69. The minimum atomic E-state index is -0.707. The van der Waals surface area contributed by atoms with Crippen molar-refractivity contribution in [2.75, 3.05) is 0 Å². The Labute approximate surface area is 90.2 Å². The van der Waals surface area contributed by atoms with Crippen LogP contribution in [-0.2, 0) is 11.2 Å². The van der Waals surface area contributed by atoms with Crippen LogP contribution in [0.4, 0.5) is 8.78 Å². The van der Waals surface area contributed by atoms with Crippen molar-refractivity contribution in [3.63, 3.8) is 0 Å². The molecule has 0 aliphatic heterocycles. The first-order valence-corrected chi connectivity index (χ1v) is 4.78. The molecule has 0 aliphatic carbocycles. The van der Waals surface area contributed by atoms with Crippen LogP contribution in [0.2, 0.25) is 0 Å². The Hall–Kier alpha value is -1.75. The lowest BCUT2D eigenvalue weighted by atomic mass is 10.1. The molecule has 2 rings (SSSR count). The molecule has 0 saturated heterocycles. The van der Waals surface area contributed by atoms with Gasteiger partial charge in [-0.2, -0.15) is 0 Å². The number of nitrogens with two attached hydrogens (primary N) is 1. The van der Waals surface area contributed by atoms with Gasteiger partial charge in [0.15, 0.2) is 0 Å². The highest BCUT2D eigenvalue weighted by Gasteiger charge is 2.14. The Morgan fingerprint density at radius 2 is 2.06 bits per heavy atom.